The molecule has 0 aliphatic carbocycles. The molecule has 1 aliphatic heterocycles. The maximum atomic E-state index is 11.6. The largest absolute Gasteiger partial charge is 0.497 e. The van der Waals surface area contributed by atoms with Gasteiger partial charge in [0.15, 0.2) is 12.6 Å². The SMILES string of the molecule is CCNC(=O)COc1cccc(CNC(=NC)N2CCC(c3ccc(OC)cc3)C2)c1.I. The number of aliphatic imine (C=N–C) groups is 1. The molecular weight excluding hydrogens is 519 g/mol. The number of benzene rings is 2. The van der Waals surface area contributed by atoms with E-state index in [-0.39, 0.29) is 36.5 Å². The minimum Gasteiger partial charge on any atom is -0.497 e. The maximum Gasteiger partial charge on any atom is 0.257 e. The average molecular weight is 552 g/mol. The van der Waals surface area contributed by atoms with E-state index >= 15 is 0 Å². The lowest BCUT2D eigenvalue weighted by molar-refractivity contribution is -0.122. The zero-order chi connectivity index (χ0) is 22.1. The first kappa shape index (κ1) is 25.8. The van der Waals surface area contributed by atoms with Crippen LogP contribution in [0.2, 0.25) is 0 Å². The van der Waals surface area contributed by atoms with Crippen molar-refractivity contribution in [2.45, 2.75) is 25.8 Å². The van der Waals surface area contributed by atoms with Crippen molar-refractivity contribution in [2.75, 3.05) is 40.4 Å². The highest BCUT2D eigenvalue weighted by Gasteiger charge is 2.26. The van der Waals surface area contributed by atoms with Crippen LogP contribution in [0.15, 0.2) is 53.5 Å². The summed E-state index contributed by atoms with van der Waals surface area (Å²) in [6.45, 7) is 5.03. The van der Waals surface area contributed by atoms with Crippen molar-refractivity contribution >= 4 is 35.8 Å². The van der Waals surface area contributed by atoms with Crippen LogP contribution >= 0.6 is 24.0 Å². The van der Waals surface area contributed by atoms with Crippen LogP contribution < -0.4 is 20.1 Å². The highest BCUT2D eigenvalue weighted by atomic mass is 127. The van der Waals surface area contributed by atoms with Gasteiger partial charge < -0.3 is 25.0 Å². The van der Waals surface area contributed by atoms with Gasteiger partial charge in [-0.05, 0) is 48.7 Å². The summed E-state index contributed by atoms with van der Waals surface area (Å²) < 4.78 is 10.8. The molecule has 1 fully saturated rings. The van der Waals surface area contributed by atoms with E-state index in [0.717, 1.165) is 36.8 Å². The number of ether oxygens (including phenoxy) is 2. The summed E-state index contributed by atoms with van der Waals surface area (Å²) in [6, 6.07) is 16.1. The van der Waals surface area contributed by atoms with Gasteiger partial charge >= 0.3 is 0 Å². The minimum absolute atomic E-state index is 0. The number of carbonyl (C=O) groups is 1. The van der Waals surface area contributed by atoms with Crippen LogP contribution in [0.4, 0.5) is 0 Å². The summed E-state index contributed by atoms with van der Waals surface area (Å²) in [5, 5.41) is 6.18. The zero-order valence-electron chi connectivity index (χ0n) is 19.0. The monoisotopic (exact) mass is 552 g/mol. The molecule has 0 spiro atoms. The van der Waals surface area contributed by atoms with Crippen LogP contribution in [0.3, 0.4) is 0 Å². The first-order valence-corrected chi connectivity index (χ1v) is 10.7. The second-order valence-corrected chi connectivity index (χ2v) is 7.50. The number of rotatable bonds is 8. The topological polar surface area (TPSA) is 75.2 Å². The lowest BCUT2D eigenvalue weighted by Crippen LogP contribution is -2.39. The summed E-state index contributed by atoms with van der Waals surface area (Å²) in [4.78, 5) is 18.4. The number of nitrogens with zero attached hydrogens (tertiary/aromatic N) is 2. The molecule has 3 rings (SSSR count). The number of likely N-dealkylation sites (tertiary alicyclic amines) is 1. The predicted octanol–water partition coefficient (Wildman–Crippen LogP) is 3.39. The van der Waals surface area contributed by atoms with Gasteiger partial charge in [0, 0.05) is 39.1 Å². The van der Waals surface area contributed by atoms with Gasteiger partial charge in [-0.25, -0.2) is 0 Å². The number of hydrogen-bond donors (Lipinski definition) is 2. The second-order valence-electron chi connectivity index (χ2n) is 7.50. The third-order valence-corrected chi connectivity index (χ3v) is 5.38. The predicted molar refractivity (Wildman–Crippen MR) is 138 cm³/mol. The number of likely N-dealkylation sites (N-methyl/N-ethyl adjacent to an activating group) is 1. The van der Waals surface area contributed by atoms with Gasteiger partial charge in [0.1, 0.15) is 11.5 Å². The molecule has 1 unspecified atom stereocenters. The molecule has 2 N–H and O–H groups in total. The molecule has 0 aromatic heterocycles. The molecule has 32 heavy (non-hydrogen) atoms. The first-order valence-electron chi connectivity index (χ1n) is 10.7. The van der Waals surface area contributed by atoms with E-state index in [1.54, 1.807) is 7.11 Å². The number of guanidine groups is 1. The van der Waals surface area contributed by atoms with Crippen LogP contribution in [0.1, 0.15) is 30.4 Å². The molecule has 174 valence electrons. The number of nitrogens with one attached hydrogen (secondary N) is 2. The molecule has 0 radical (unpaired) electrons. The molecule has 1 amide bonds. The molecule has 1 aliphatic rings. The highest BCUT2D eigenvalue weighted by Crippen LogP contribution is 2.28. The van der Waals surface area contributed by atoms with Crippen molar-refractivity contribution in [3.63, 3.8) is 0 Å². The third kappa shape index (κ3) is 7.29. The van der Waals surface area contributed by atoms with E-state index in [9.17, 15) is 4.79 Å². The highest BCUT2D eigenvalue weighted by molar-refractivity contribution is 14.0. The summed E-state index contributed by atoms with van der Waals surface area (Å²) in [5.74, 6) is 2.82. The van der Waals surface area contributed by atoms with Crippen molar-refractivity contribution in [1.82, 2.24) is 15.5 Å². The van der Waals surface area contributed by atoms with Crippen LogP contribution in [0.5, 0.6) is 11.5 Å². The van der Waals surface area contributed by atoms with Crippen molar-refractivity contribution < 1.29 is 14.3 Å². The van der Waals surface area contributed by atoms with Crippen molar-refractivity contribution in [2.24, 2.45) is 4.99 Å². The van der Waals surface area contributed by atoms with Gasteiger partial charge in [-0.15, -0.1) is 24.0 Å². The number of carbonyl (C=O) groups excluding carboxylic acids is 1. The lowest BCUT2D eigenvalue weighted by Gasteiger charge is -2.22. The number of halogens is 1. The molecule has 8 heteroatoms. The van der Waals surface area contributed by atoms with E-state index in [4.69, 9.17) is 9.47 Å². The summed E-state index contributed by atoms with van der Waals surface area (Å²) in [6.07, 6.45) is 1.09. The molecule has 0 saturated carbocycles. The van der Waals surface area contributed by atoms with Crippen molar-refractivity contribution in [1.29, 1.82) is 0 Å². The summed E-state index contributed by atoms with van der Waals surface area (Å²) in [7, 11) is 3.50. The molecule has 7 nitrogen and oxygen atoms in total. The fourth-order valence-electron chi connectivity index (χ4n) is 3.76. The van der Waals surface area contributed by atoms with Crippen LogP contribution in [0, 0.1) is 0 Å². The summed E-state index contributed by atoms with van der Waals surface area (Å²) >= 11 is 0. The van der Waals surface area contributed by atoms with Gasteiger partial charge in [-0.1, -0.05) is 24.3 Å². The first-order chi connectivity index (χ1) is 15.1. The van der Waals surface area contributed by atoms with Crippen LogP contribution in [0.25, 0.3) is 0 Å². The number of amides is 1. The van der Waals surface area contributed by atoms with Gasteiger partial charge in [-0.2, -0.15) is 0 Å². The lowest BCUT2D eigenvalue weighted by atomic mass is 9.98. The third-order valence-electron chi connectivity index (χ3n) is 5.38. The Balaban J connectivity index is 0.00000363. The Bertz CT molecular complexity index is 889. The van der Waals surface area contributed by atoms with Crippen molar-refractivity contribution in [3.05, 3.63) is 59.7 Å². The fraction of sp³-hybridized carbons (Fsp3) is 0.417. The average Bonchev–Trinajstić information content (AvgIpc) is 3.29. The molecule has 1 saturated heterocycles. The Morgan fingerprint density at radius 1 is 1.16 bits per heavy atom. The molecule has 2 aromatic carbocycles. The molecule has 2 aromatic rings. The fourth-order valence-corrected chi connectivity index (χ4v) is 3.76. The minimum atomic E-state index is -0.119. The smallest absolute Gasteiger partial charge is 0.257 e. The molecular formula is C24H33IN4O3. The van der Waals surface area contributed by atoms with E-state index in [1.165, 1.54) is 5.56 Å². The van der Waals surface area contributed by atoms with Gasteiger partial charge in [0.2, 0.25) is 0 Å². The van der Waals surface area contributed by atoms with Crippen LogP contribution in [-0.2, 0) is 11.3 Å². The van der Waals surface area contributed by atoms with E-state index < -0.39 is 0 Å². The maximum absolute atomic E-state index is 11.6. The van der Waals surface area contributed by atoms with Gasteiger partial charge in [0.25, 0.3) is 5.91 Å². The standard InChI is InChI=1S/C24H32N4O3.HI/c1-4-26-23(29)17-31-22-7-5-6-18(14-22)15-27-24(25-2)28-13-12-20(16-28)19-8-10-21(30-3)11-9-19;/h5-11,14,20H,4,12-13,15-17H2,1-3H3,(H,25,27)(H,26,29);1H. The molecule has 1 atom stereocenters. The van der Waals surface area contributed by atoms with Gasteiger partial charge in [0.05, 0.1) is 7.11 Å². The van der Waals surface area contributed by atoms with E-state index in [1.807, 2.05) is 50.4 Å². The Morgan fingerprint density at radius 3 is 2.62 bits per heavy atom. The number of methoxy groups -OCH3 is 1. The second kappa shape index (κ2) is 13.1. The molecule has 0 bridgehead atoms. The number of hydrogen-bond acceptors (Lipinski definition) is 4. The Morgan fingerprint density at radius 2 is 1.94 bits per heavy atom. The van der Waals surface area contributed by atoms with E-state index in [0.29, 0.717) is 24.8 Å². The van der Waals surface area contributed by atoms with Crippen molar-refractivity contribution in [3.8, 4) is 11.5 Å². The van der Waals surface area contributed by atoms with Crippen LogP contribution in [-0.4, -0.2) is 57.2 Å². The zero-order valence-corrected chi connectivity index (χ0v) is 21.3. The Hall–Kier alpha value is -2.49. The Kier molecular flexibility index (Phi) is 10.6. The molecule has 1 heterocycles. The Labute approximate surface area is 207 Å². The normalized spacial score (nSPS) is 15.7. The summed E-state index contributed by atoms with van der Waals surface area (Å²) in [5.41, 5.74) is 2.40. The van der Waals surface area contributed by atoms with Gasteiger partial charge in [-0.3, -0.25) is 9.79 Å². The quantitative estimate of drug-likeness (QED) is 0.299. The van der Waals surface area contributed by atoms with E-state index in [2.05, 4.69) is 32.7 Å².